The van der Waals surface area contributed by atoms with Crippen molar-refractivity contribution in [2.45, 2.75) is 24.5 Å². The first-order valence-corrected chi connectivity index (χ1v) is 11.2. The number of imidazole rings is 1. The Bertz CT molecular complexity index is 1130. The maximum atomic E-state index is 8.36. The standard InChI is InChI=1S/C21H18Cl4N2O3.HNO3/c1-28-20(15-4-2-13(22)8-17(15)24)19-10-29-21(30-19,11-27-7-6-26-12-27)16-5-3-14(23)9-18(16)25;2-1(3)4/h2-9,12,19-20H,10-11H2,1H3;(H,2,3,4)/t19-,20?,21-;/m1./s1. The molecule has 0 spiro atoms. The summed E-state index contributed by atoms with van der Waals surface area (Å²) in [6, 6.07) is 10.5. The van der Waals surface area contributed by atoms with Gasteiger partial charge in [-0.05, 0) is 24.3 Å². The molecule has 2 heterocycles. The third-order valence-corrected chi connectivity index (χ3v) is 6.08. The summed E-state index contributed by atoms with van der Waals surface area (Å²) in [6.07, 6.45) is 4.30. The van der Waals surface area contributed by atoms with Gasteiger partial charge >= 0.3 is 0 Å². The van der Waals surface area contributed by atoms with Gasteiger partial charge in [0.2, 0.25) is 5.79 Å². The second-order valence-corrected chi connectivity index (χ2v) is 8.83. The van der Waals surface area contributed by atoms with Gasteiger partial charge in [0, 0.05) is 45.7 Å². The molecule has 1 aliphatic heterocycles. The molecule has 1 aliphatic rings. The van der Waals surface area contributed by atoms with Crippen LogP contribution in [0.1, 0.15) is 17.2 Å². The molecule has 0 radical (unpaired) electrons. The number of halogens is 4. The Balaban J connectivity index is 0.000000751. The number of methoxy groups -OCH3 is 1. The van der Waals surface area contributed by atoms with Gasteiger partial charge in [0.05, 0.1) is 24.5 Å². The van der Waals surface area contributed by atoms with Gasteiger partial charge in [0.15, 0.2) is 0 Å². The summed E-state index contributed by atoms with van der Waals surface area (Å²) in [7, 11) is 1.60. The van der Waals surface area contributed by atoms with E-state index >= 15 is 0 Å². The SMILES string of the molecule is COC(c1ccc(Cl)cc1Cl)[C@H]1CO[C@@](Cn2ccnc2)(c2ccc(Cl)cc2Cl)O1.O=[N+]([O-])O. The third-order valence-electron chi connectivity index (χ3n) is 4.97. The molecule has 182 valence electrons. The molecule has 1 fully saturated rings. The van der Waals surface area contributed by atoms with Gasteiger partial charge < -0.3 is 24.0 Å². The highest BCUT2D eigenvalue weighted by Crippen LogP contribution is 2.44. The predicted octanol–water partition coefficient (Wildman–Crippen LogP) is 5.81. The predicted molar refractivity (Wildman–Crippen MR) is 126 cm³/mol. The molecule has 0 aliphatic carbocycles. The molecule has 34 heavy (non-hydrogen) atoms. The van der Waals surface area contributed by atoms with Crippen molar-refractivity contribution in [3.63, 3.8) is 0 Å². The van der Waals surface area contributed by atoms with E-state index in [1.165, 1.54) is 0 Å². The first-order valence-electron chi connectivity index (χ1n) is 9.69. The lowest BCUT2D eigenvalue weighted by atomic mass is 10.0. The van der Waals surface area contributed by atoms with Crippen molar-refractivity contribution in [2.75, 3.05) is 13.7 Å². The minimum atomic E-state index is -1.50. The molecule has 3 aromatic rings. The van der Waals surface area contributed by atoms with Crippen molar-refractivity contribution in [3.8, 4) is 0 Å². The van der Waals surface area contributed by atoms with E-state index in [0.717, 1.165) is 5.56 Å². The Morgan fingerprint density at radius 2 is 1.88 bits per heavy atom. The quantitative estimate of drug-likeness (QED) is 0.305. The van der Waals surface area contributed by atoms with Crippen LogP contribution in [0.15, 0.2) is 55.1 Å². The summed E-state index contributed by atoms with van der Waals surface area (Å²) in [5.41, 5.74) is 1.43. The van der Waals surface area contributed by atoms with Gasteiger partial charge in [-0.15, -0.1) is 10.1 Å². The fourth-order valence-electron chi connectivity index (χ4n) is 3.62. The monoisotopic (exact) mass is 549 g/mol. The summed E-state index contributed by atoms with van der Waals surface area (Å²) in [6.45, 7) is 0.612. The molecular formula is C21H19Cl4N3O6. The number of rotatable bonds is 6. The molecule has 1 saturated heterocycles. The van der Waals surface area contributed by atoms with Crippen LogP contribution in [0.3, 0.4) is 0 Å². The van der Waals surface area contributed by atoms with E-state index in [1.54, 1.807) is 50.0 Å². The number of aromatic nitrogens is 2. The van der Waals surface area contributed by atoms with Crippen LogP contribution in [0, 0.1) is 10.1 Å². The maximum Gasteiger partial charge on any atom is 0.291 e. The second-order valence-electron chi connectivity index (χ2n) is 7.14. The first kappa shape index (κ1) is 26.5. The normalized spacial score (nSPS) is 20.4. The highest BCUT2D eigenvalue weighted by molar-refractivity contribution is 6.35. The minimum absolute atomic E-state index is 0.269. The molecule has 3 atom stereocenters. The van der Waals surface area contributed by atoms with Crippen LogP contribution in [-0.4, -0.2) is 39.7 Å². The van der Waals surface area contributed by atoms with Gasteiger partial charge in [-0.3, -0.25) is 0 Å². The van der Waals surface area contributed by atoms with Crippen LogP contribution in [0.2, 0.25) is 20.1 Å². The Hall–Kier alpha value is -2.11. The number of nitrogens with zero attached hydrogens (tertiary/aromatic N) is 3. The van der Waals surface area contributed by atoms with Crippen molar-refractivity contribution in [2.24, 2.45) is 0 Å². The van der Waals surface area contributed by atoms with Gasteiger partial charge in [-0.2, -0.15) is 0 Å². The van der Waals surface area contributed by atoms with Crippen LogP contribution < -0.4 is 0 Å². The number of hydrogen-bond acceptors (Lipinski definition) is 6. The largest absolute Gasteiger partial charge is 0.374 e. The summed E-state index contributed by atoms with van der Waals surface area (Å²) in [4.78, 5) is 12.5. The fourth-order valence-corrected chi connectivity index (χ4v) is 4.69. The van der Waals surface area contributed by atoms with Crippen LogP contribution in [0.4, 0.5) is 0 Å². The molecule has 13 heteroatoms. The summed E-state index contributed by atoms with van der Waals surface area (Å²) >= 11 is 25.1. The van der Waals surface area contributed by atoms with Crippen molar-refractivity contribution >= 4 is 46.4 Å². The molecular weight excluding hydrogens is 532 g/mol. The molecule has 0 bridgehead atoms. The van der Waals surface area contributed by atoms with E-state index in [0.29, 0.717) is 32.2 Å². The fraction of sp³-hybridized carbons (Fsp3) is 0.286. The van der Waals surface area contributed by atoms with Gasteiger partial charge in [-0.1, -0.05) is 58.5 Å². The summed E-state index contributed by atoms with van der Waals surface area (Å²) < 4.78 is 20.4. The van der Waals surface area contributed by atoms with E-state index in [2.05, 4.69) is 4.98 Å². The van der Waals surface area contributed by atoms with Crippen LogP contribution in [0.25, 0.3) is 0 Å². The molecule has 9 nitrogen and oxygen atoms in total. The van der Waals surface area contributed by atoms with Crippen molar-refractivity contribution in [3.05, 3.63) is 96.5 Å². The lowest BCUT2D eigenvalue weighted by Crippen LogP contribution is -2.35. The lowest BCUT2D eigenvalue weighted by molar-refractivity contribution is -0.742. The highest BCUT2D eigenvalue weighted by atomic mass is 35.5. The number of hydrogen-bond donors (Lipinski definition) is 1. The molecule has 4 rings (SSSR count). The zero-order chi connectivity index (χ0) is 24.9. The second kappa shape index (κ2) is 11.5. The minimum Gasteiger partial charge on any atom is -0.374 e. The van der Waals surface area contributed by atoms with E-state index in [-0.39, 0.29) is 6.61 Å². The molecule has 1 aromatic heterocycles. The third kappa shape index (κ3) is 6.31. The lowest BCUT2D eigenvalue weighted by Gasteiger charge is -2.31. The van der Waals surface area contributed by atoms with Gasteiger partial charge in [0.25, 0.3) is 5.09 Å². The Morgan fingerprint density at radius 1 is 1.24 bits per heavy atom. The molecule has 1 N–H and O–H groups in total. The average molecular weight is 551 g/mol. The Morgan fingerprint density at radius 3 is 2.44 bits per heavy atom. The van der Waals surface area contributed by atoms with Crippen LogP contribution >= 0.6 is 46.4 Å². The average Bonchev–Trinajstić information content (AvgIpc) is 3.41. The molecule has 0 amide bonds. The maximum absolute atomic E-state index is 8.36. The van der Waals surface area contributed by atoms with E-state index in [1.807, 2.05) is 16.8 Å². The van der Waals surface area contributed by atoms with E-state index in [4.69, 9.17) is 75.9 Å². The van der Waals surface area contributed by atoms with Gasteiger partial charge in [-0.25, -0.2) is 4.98 Å². The van der Waals surface area contributed by atoms with Crippen molar-refractivity contribution < 1.29 is 24.5 Å². The molecule has 1 unspecified atom stereocenters. The van der Waals surface area contributed by atoms with Gasteiger partial charge in [0.1, 0.15) is 12.2 Å². The van der Waals surface area contributed by atoms with Crippen molar-refractivity contribution in [1.29, 1.82) is 0 Å². The summed E-state index contributed by atoms with van der Waals surface area (Å²) in [5, 5.41) is 15.7. The van der Waals surface area contributed by atoms with E-state index in [9.17, 15) is 0 Å². The smallest absolute Gasteiger partial charge is 0.291 e. The van der Waals surface area contributed by atoms with Crippen molar-refractivity contribution in [1.82, 2.24) is 9.55 Å². The molecule has 2 aromatic carbocycles. The van der Waals surface area contributed by atoms with Crippen LogP contribution in [-0.2, 0) is 26.5 Å². The number of benzene rings is 2. The number of ether oxygens (including phenoxy) is 3. The van der Waals surface area contributed by atoms with E-state index < -0.39 is 23.1 Å². The zero-order valence-corrected chi connectivity index (χ0v) is 20.6. The topological polar surface area (TPSA) is 109 Å². The first-order chi connectivity index (χ1) is 16.1. The summed E-state index contributed by atoms with van der Waals surface area (Å²) in [5.74, 6) is -1.15. The molecule has 0 saturated carbocycles. The highest BCUT2D eigenvalue weighted by Gasteiger charge is 2.48. The Labute approximate surface area is 214 Å². The Kier molecular flexibility index (Phi) is 9.00. The zero-order valence-electron chi connectivity index (χ0n) is 17.6. The van der Waals surface area contributed by atoms with Crippen LogP contribution in [0.5, 0.6) is 0 Å².